The van der Waals surface area contributed by atoms with Gasteiger partial charge in [-0.1, -0.05) is 31.9 Å². The third kappa shape index (κ3) is 5.72. The number of rotatable bonds is 8. The zero-order chi connectivity index (χ0) is 16.5. The van der Waals surface area contributed by atoms with Crippen LogP contribution in [0.15, 0.2) is 24.3 Å². The minimum atomic E-state index is -0.0207. The van der Waals surface area contributed by atoms with Gasteiger partial charge < -0.3 is 9.80 Å². The molecule has 0 aliphatic heterocycles. The fourth-order valence-electron chi connectivity index (χ4n) is 1.99. The maximum Gasteiger partial charge on any atom is 0.253 e. The van der Waals surface area contributed by atoms with E-state index in [0.717, 1.165) is 23.5 Å². The van der Waals surface area contributed by atoms with Gasteiger partial charge in [-0.2, -0.15) is 0 Å². The number of hydrogen-bond acceptors (Lipinski definition) is 2. The quantitative estimate of drug-likeness (QED) is 0.589. The molecule has 4 nitrogen and oxygen atoms in total. The van der Waals surface area contributed by atoms with Crippen molar-refractivity contribution in [2.24, 2.45) is 0 Å². The average Bonchev–Trinajstić information content (AvgIpc) is 2.56. The van der Waals surface area contributed by atoms with Gasteiger partial charge in [0.25, 0.3) is 11.8 Å². The molecule has 2 amide bonds. The predicted molar refractivity (Wildman–Crippen MR) is 97.2 cm³/mol. The molecule has 1 rings (SSSR count). The van der Waals surface area contributed by atoms with E-state index < -0.39 is 0 Å². The SMILES string of the molecule is CN(CCCBr)C(=O)c1ccc(C(=O)N(C)CCCBr)cc1. The monoisotopic (exact) mass is 432 g/mol. The smallest absolute Gasteiger partial charge is 0.253 e. The maximum absolute atomic E-state index is 12.2. The third-order valence-electron chi connectivity index (χ3n) is 3.33. The van der Waals surface area contributed by atoms with E-state index in [1.807, 2.05) is 0 Å². The van der Waals surface area contributed by atoms with Crippen LogP contribution in [0.3, 0.4) is 0 Å². The largest absolute Gasteiger partial charge is 0.342 e. The first-order valence-electron chi connectivity index (χ1n) is 7.24. The molecule has 0 bridgehead atoms. The molecule has 0 heterocycles. The lowest BCUT2D eigenvalue weighted by atomic mass is 10.1. The van der Waals surface area contributed by atoms with Gasteiger partial charge >= 0.3 is 0 Å². The van der Waals surface area contributed by atoms with Gasteiger partial charge in [-0.3, -0.25) is 9.59 Å². The first-order valence-corrected chi connectivity index (χ1v) is 9.48. The Morgan fingerprint density at radius 3 is 1.41 bits per heavy atom. The molecule has 0 saturated heterocycles. The Morgan fingerprint density at radius 2 is 1.14 bits per heavy atom. The second kappa shape index (κ2) is 10.0. The van der Waals surface area contributed by atoms with E-state index in [2.05, 4.69) is 31.9 Å². The maximum atomic E-state index is 12.2. The molecule has 0 spiro atoms. The Hall–Kier alpha value is -0.880. The summed E-state index contributed by atoms with van der Waals surface area (Å²) >= 11 is 6.71. The lowest BCUT2D eigenvalue weighted by Gasteiger charge is -2.18. The van der Waals surface area contributed by atoms with E-state index in [0.29, 0.717) is 24.2 Å². The molecule has 0 radical (unpaired) electrons. The Morgan fingerprint density at radius 1 is 0.818 bits per heavy atom. The highest BCUT2D eigenvalue weighted by Crippen LogP contribution is 2.10. The van der Waals surface area contributed by atoms with Gasteiger partial charge in [-0.15, -0.1) is 0 Å². The van der Waals surface area contributed by atoms with Gasteiger partial charge in [0.1, 0.15) is 0 Å². The van der Waals surface area contributed by atoms with Crippen molar-refractivity contribution in [3.63, 3.8) is 0 Å². The van der Waals surface area contributed by atoms with E-state index in [9.17, 15) is 9.59 Å². The fourth-order valence-corrected chi connectivity index (χ4v) is 2.49. The standard InChI is InChI=1S/C16H22Br2N2O2/c1-19(11-3-9-17)15(21)13-5-7-14(8-6-13)16(22)20(2)12-4-10-18/h5-8H,3-4,9-12H2,1-2H3. The van der Waals surface area contributed by atoms with Gasteiger partial charge in [0.2, 0.25) is 0 Å². The number of hydrogen-bond donors (Lipinski definition) is 0. The zero-order valence-corrected chi connectivity index (χ0v) is 16.2. The normalized spacial score (nSPS) is 10.4. The second-order valence-corrected chi connectivity index (χ2v) is 6.70. The van der Waals surface area contributed by atoms with Crippen LogP contribution in [0, 0.1) is 0 Å². The lowest BCUT2D eigenvalue weighted by molar-refractivity contribution is 0.0784. The van der Waals surface area contributed by atoms with Crippen LogP contribution in [0.4, 0.5) is 0 Å². The summed E-state index contributed by atoms with van der Waals surface area (Å²) in [7, 11) is 3.58. The molecule has 0 N–H and O–H groups in total. The molecule has 22 heavy (non-hydrogen) atoms. The van der Waals surface area contributed by atoms with Crippen molar-refractivity contribution in [2.75, 3.05) is 37.8 Å². The van der Waals surface area contributed by atoms with Crippen LogP contribution in [0.2, 0.25) is 0 Å². The summed E-state index contributed by atoms with van der Waals surface area (Å²) in [5, 5.41) is 1.75. The predicted octanol–water partition coefficient (Wildman–Crippen LogP) is 3.40. The van der Waals surface area contributed by atoms with E-state index in [4.69, 9.17) is 0 Å². The molecule has 122 valence electrons. The molecular formula is C16H22Br2N2O2. The Labute approximate surface area is 149 Å². The number of benzene rings is 1. The second-order valence-electron chi connectivity index (χ2n) is 5.12. The van der Waals surface area contributed by atoms with Crippen molar-refractivity contribution in [3.05, 3.63) is 35.4 Å². The van der Waals surface area contributed by atoms with Crippen LogP contribution in [0.5, 0.6) is 0 Å². The Bertz CT molecular complexity index is 446. The van der Waals surface area contributed by atoms with Gasteiger partial charge in [0.15, 0.2) is 0 Å². The Kier molecular flexibility index (Phi) is 8.71. The first kappa shape index (κ1) is 19.2. The highest BCUT2D eigenvalue weighted by Gasteiger charge is 2.14. The summed E-state index contributed by atoms with van der Waals surface area (Å²) in [6, 6.07) is 6.88. The summed E-state index contributed by atoms with van der Waals surface area (Å²) in [5.74, 6) is -0.0415. The van der Waals surface area contributed by atoms with Crippen molar-refractivity contribution < 1.29 is 9.59 Å². The topological polar surface area (TPSA) is 40.6 Å². The Balaban J connectivity index is 2.69. The van der Waals surface area contributed by atoms with E-state index in [-0.39, 0.29) is 11.8 Å². The van der Waals surface area contributed by atoms with Gasteiger partial charge in [-0.25, -0.2) is 0 Å². The summed E-state index contributed by atoms with van der Waals surface area (Å²) in [6.07, 6.45) is 1.83. The molecule has 0 atom stereocenters. The molecule has 0 aromatic heterocycles. The number of alkyl halides is 2. The van der Waals surface area contributed by atoms with Crippen molar-refractivity contribution in [1.29, 1.82) is 0 Å². The summed E-state index contributed by atoms with van der Waals surface area (Å²) in [4.78, 5) is 27.8. The summed E-state index contributed by atoms with van der Waals surface area (Å²) in [6.45, 7) is 1.42. The van der Waals surface area contributed by atoms with Crippen LogP contribution < -0.4 is 0 Å². The number of carbonyl (C=O) groups excluding carboxylic acids is 2. The summed E-state index contributed by atoms with van der Waals surface area (Å²) < 4.78 is 0. The molecule has 0 aliphatic rings. The average molecular weight is 434 g/mol. The van der Waals surface area contributed by atoms with Crippen molar-refractivity contribution in [1.82, 2.24) is 9.80 Å². The third-order valence-corrected chi connectivity index (χ3v) is 4.45. The number of nitrogens with zero attached hydrogens (tertiary/aromatic N) is 2. The van der Waals surface area contributed by atoms with E-state index in [1.165, 1.54) is 0 Å². The highest BCUT2D eigenvalue weighted by molar-refractivity contribution is 9.09. The number of halogens is 2. The molecule has 0 aliphatic carbocycles. The summed E-state index contributed by atoms with van der Waals surface area (Å²) in [5.41, 5.74) is 1.22. The van der Waals surface area contributed by atoms with Gasteiger partial charge in [0.05, 0.1) is 0 Å². The van der Waals surface area contributed by atoms with Crippen LogP contribution in [-0.4, -0.2) is 59.5 Å². The van der Waals surface area contributed by atoms with E-state index >= 15 is 0 Å². The van der Waals surface area contributed by atoms with Gasteiger partial charge in [-0.05, 0) is 37.1 Å². The van der Waals surface area contributed by atoms with Crippen molar-refractivity contribution in [2.45, 2.75) is 12.8 Å². The van der Waals surface area contributed by atoms with Crippen molar-refractivity contribution in [3.8, 4) is 0 Å². The van der Waals surface area contributed by atoms with E-state index in [1.54, 1.807) is 48.2 Å². The fraction of sp³-hybridized carbons (Fsp3) is 0.500. The number of amides is 2. The zero-order valence-electron chi connectivity index (χ0n) is 13.0. The number of carbonyl (C=O) groups is 2. The minimum absolute atomic E-state index is 0.0207. The molecule has 0 fully saturated rings. The minimum Gasteiger partial charge on any atom is -0.342 e. The van der Waals surface area contributed by atoms with Crippen LogP contribution >= 0.6 is 31.9 Å². The highest BCUT2D eigenvalue weighted by atomic mass is 79.9. The molecule has 1 aromatic rings. The van der Waals surface area contributed by atoms with Crippen LogP contribution in [0.1, 0.15) is 33.6 Å². The molecule has 0 saturated carbocycles. The molecule has 1 aromatic carbocycles. The van der Waals surface area contributed by atoms with Gasteiger partial charge in [0, 0.05) is 49.0 Å². The molecule has 6 heteroatoms. The van der Waals surface area contributed by atoms with Crippen LogP contribution in [-0.2, 0) is 0 Å². The molecular weight excluding hydrogens is 412 g/mol. The molecule has 0 unspecified atom stereocenters. The lowest BCUT2D eigenvalue weighted by Crippen LogP contribution is -2.29. The van der Waals surface area contributed by atoms with Crippen molar-refractivity contribution >= 4 is 43.7 Å². The first-order chi connectivity index (χ1) is 10.5. The van der Waals surface area contributed by atoms with Crippen LogP contribution in [0.25, 0.3) is 0 Å².